The summed E-state index contributed by atoms with van der Waals surface area (Å²) in [6.45, 7) is 10.5. The van der Waals surface area contributed by atoms with Gasteiger partial charge in [0.2, 0.25) is 5.91 Å². The lowest BCUT2D eigenvalue weighted by Crippen LogP contribution is -2.39. The van der Waals surface area contributed by atoms with Crippen molar-refractivity contribution in [3.63, 3.8) is 0 Å². The lowest BCUT2D eigenvalue weighted by molar-refractivity contribution is -0.132. The molecule has 0 unspecified atom stereocenters. The second kappa shape index (κ2) is 11.1. The summed E-state index contributed by atoms with van der Waals surface area (Å²) in [6, 6.07) is 13.2. The summed E-state index contributed by atoms with van der Waals surface area (Å²) in [5.41, 5.74) is 2.13. The van der Waals surface area contributed by atoms with E-state index in [0.717, 1.165) is 16.9 Å². The first-order valence-corrected chi connectivity index (χ1v) is 11.5. The van der Waals surface area contributed by atoms with E-state index in [9.17, 15) is 14.0 Å². The molecule has 1 heterocycles. The number of aromatic nitrogens is 2. The Morgan fingerprint density at radius 2 is 1.64 bits per heavy atom. The van der Waals surface area contributed by atoms with Crippen molar-refractivity contribution in [1.82, 2.24) is 19.8 Å². The third-order valence-corrected chi connectivity index (χ3v) is 5.29. The third-order valence-electron chi connectivity index (χ3n) is 5.29. The van der Waals surface area contributed by atoms with Crippen LogP contribution in [0.25, 0.3) is 11.0 Å². The van der Waals surface area contributed by atoms with E-state index in [-0.39, 0.29) is 24.2 Å². The average Bonchev–Trinajstić information content (AvgIpc) is 3.10. The van der Waals surface area contributed by atoms with Crippen LogP contribution in [0.15, 0.2) is 48.5 Å². The molecule has 3 rings (SSSR count). The zero-order chi connectivity index (χ0) is 24.0. The molecular formula is C26H33FN4O2. The molecule has 0 spiro atoms. The first-order chi connectivity index (χ1) is 15.7. The molecule has 3 aromatic rings. The summed E-state index contributed by atoms with van der Waals surface area (Å²) < 4.78 is 15.0. The number of para-hydroxylation sites is 2. The molecule has 0 aliphatic rings. The largest absolute Gasteiger partial charge is 0.352 e. The molecule has 176 valence electrons. The van der Waals surface area contributed by atoms with Crippen molar-refractivity contribution in [3.05, 3.63) is 65.7 Å². The predicted octanol–water partition coefficient (Wildman–Crippen LogP) is 4.29. The molecule has 0 atom stereocenters. The Morgan fingerprint density at radius 1 is 1.00 bits per heavy atom. The van der Waals surface area contributed by atoms with Crippen molar-refractivity contribution in [2.45, 2.75) is 40.7 Å². The second-order valence-electron chi connectivity index (χ2n) is 9.20. The van der Waals surface area contributed by atoms with Crippen LogP contribution in [0.2, 0.25) is 0 Å². The summed E-state index contributed by atoms with van der Waals surface area (Å²) in [6.07, 6.45) is 0.475. The minimum absolute atomic E-state index is 0.0668. The minimum Gasteiger partial charge on any atom is -0.352 e. The van der Waals surface area contributed by atoms with E-state index >= 15 is 0 Å². The van der Waals surface area contributed by atoms with Crippen LogP contribution in [0.5, 0.6) is 0 Å². The Bertz CT molecular complexity index is 1080. The fourth-order valence-corrected chi connectivity index (χ4v) is 3.88. The number of carbonyl (C=O) groups excluding carboxylic acids is 2. The number of imidazole rings is 1. The SMILES string of the molecule is CC(C)CN(CC(C)C)C(=O)Cn1c(CCNC(=O)c2ccc(F)cc2)nc2ccccc21. The topological polar surface area (TPSA) is 67.2 Å². The van der Waals surface area contributed by atoms with E-state index in [0.29, 0.717) is 43.5 Å². The summed E-state index contributed by atoms with van der Waals surface area (Å²) in [5, 5.41) is 2.86. The number of nitrogens with one attached hydrogen (secondary N) is 1. The van der Waals surface area contributed by atoms with Gasteiger partial charge in [-0.15, -0.1) is 0 Å². The van der Waals surface area contributed by atoms with Gasteiger partial charge < -0.3 is 14.8 Å². The maximum absolute atomic E-state index is 13.2. The smallest absolute Gasteiger partial charge is 0.251 e. The Hall–Kier alpha value is -3.22. The molecule has 0 radical (unpaired) electrons. The molecule has 0 bridgehead atoms. The number of rotatable bonds is 10. The summed E-state index contributed by atoms with van der Waals surface area (Å²) in [4.78, 5) is 32.3. The average molecular weight is 453 g/mol. The number of halogens is 1. The van der Waals surface area contributed by atoms with Gasteiger partial charge in [0.25, 0.3) is 5.91 Å². The Kier molecular flexibility index (Phi) is 8.20. The van der Waals surface area contributed by atoms with Crippen molar-refractivity contribution in [3.8, 4) is 0 Å². The highest BCUT2D eigenvalue weighted by atomic mass is 19.1. The van der Waals surface area contributed by atoms with Crippen LogP contribution in [-0.2, 0) is 17.8 Å². The standard InChI is InChI=1S/C26H33FN4O2/c1-18(2)15-30(16-19(3)4)25(32)17-31-23-8-6-5-7-22(23)29-24(31)13-14-28-26(33)20-9-11-21(27)12-10-20/h5-12,18-19H,13-17H2,1-4H3,(H,28,33). The number of hydrogen-bond donors (Lipinski definition) is 1. The fraction of sp³-hybridized carbons (Fsp3) is 0.423. The van der Waals surface area contributed by atoms with Gasteiger partial charge in [0.1, 0.15) is 18.2 Å². The highest BCUT2D eigenvalue weighted by Crippen LogP contribution is 2.17. The molecule has 0 aliphatic heterocycles. The highest BCUT2D eigenvalue weighted by Gasteiger charge is 2.20. The van der Waals surface area contributed by atoms with E-state index in [1.54, 1.807) is 0 Å². The third kappa shape index (κ3) is 6.63. The molecule has 6 nitrogen and oxygen atoms in total. The monoisotopic (exact) mass is 452 g/mol. The van der Waals surface area contributed by atoms with Gasteiger partial charge in [-0.2, -0.15) is 0 Å². The Morgan fingerprint density at radius 3 is 2.27 bits per heavy atom. The van der Waals surface area contributed by atoms with E-state index in [2.05, 4.69) is 33.0 Å². The molecule has 33 heavy (non-hydrogen) atoms. The van der Waals surface area contributed by atoms with Crippen LogP contribution >= 0.6 is 0 Å². The maximum Gasteiger partial charge on any atom is 0.251 e. The number of benzene rings is 2. The minimum atomic E-state index is -0.381. The predicted molar refractivity (Wildman–Crippen MR) is 128 cm³/mol. The number of hydrogen-bond acceptors (Lipinski definition) is 3. The van der Waals surface area contributed by atoms with Crippen molar-refractivity contribution in [2.75, 3.05) is 19.6 Å². The molecule has 0 saturated carbocycles. The molecule has 2 aromatic carbocycles. The molecule has 0 fully saturated rings. The number of nitrogens with zero attached hydrogens (tertiary/aromatic N) is 3. The normalized spacial score (nSPS) is 11.4. The van der Waals surface area contributed by atoms with Crippen LogP contribution in [-0.4, -0.2) is 45.9 Å². The van der Waals surface area contributed by atoms with Gasteiger partial charge in [-0.25, -0.2) is 9.37 Å². The molecule has 2 amide bonds. The molecule has 1 N–H and O–H groups in total. The number of carbonyl (C=O) groups is 2. The molecule has 7 heteroatoms. The van der Waals surface area contributed by atoms with Gasteiger partial charge in [0, 0.05) is 31.6 Å². The first-order valence-electron chi connectivity index (χ1n) is 11.5. The van der Waals surface area contributed by atoms with Crippen molar-refractivity contribution in [2.24, 2.45) is 11.8 Å². The molecule has 0 aliphatic carbocycles. The van der Waals surface area contributed by atoms with E-state index in [4.69, 9.17) is 4.98 Å². The van der Waals surface area contributed by atoms with Gasteiger partial charge in [-0.05, 0) is 48.2 Å². The lowest BCUT2D eigenvalue weighted by atomic mass is 10.1. The summed E-state index contributed by atoms with van der Waals surface area (Å²) >= 11 is 0. The number of fused-ring (bicyclic) bond motifs is 1. The first kappa shape index (κ1) is 24.4. The molecule has 1 aromatic heterocycles. The van der Waals surface area contributed by atoms with E-state index in [1.807, 2.05) is 33.7 Å². The maximum atomic E-state index is 13.2. The zero-order valence-corrected chi connectivity index (χ0v) is 19.8. The molecular weight excluding hydrogens is 419 g/mol. The number of amides is 2. The van der Waals surface area contributed by atoms with Crippen molar-refractivity contribution in [1.29, 1.82) is 0 Å². The van der Waals surface area contributed by atoms with Crippen molar-refractivity contribution >= 4 is 22.8 Å². The Balaban J connectivity index is 1.75. The van der Waals surface area contributed by atoms with Gasteiger partial charge >= 0.3 is 0 Å². The van der Waals surface area contributed by atoms with Gasteiger partial charge in [-0.3, -0.25) is 9.59 Å². The van der Waals surface area contributed by atoms with Crippen LogP contribution in [0.1, 0.15) is 43.9 Å². The van der Waals surface area contributed by atoms with Crippen LogP contribution in [0.4, 0.5) is 4.39 Å². The second-order valence-corrected chi connectivity index (χ2v) is 9.20. The van der Waals surface area contributed by atoms with Gasteiger partial charge in [0.15, 0.2) is 0 Å². The summed E-state index contributed by atoms with van der Waals surface area (Å²) in [5.74, 6) is 0.930. The lowest BCUT2D eigenvalue weighted by Gasteiger charge is -2.27. The fourth-order valence-electron chi connectivity index (χ4n) is 3.88. The van der Waals surface area contributed by atoms with E-state index in [1.165, 1.54) is 24.3 Å². The van der Waals surface area contributed by atoms with Crippen LogP contribution in [0, 0.1) is 17.7 Å². The van der Waals surface area contributed by atoms with Crippen LogP contribution in [0.3, 0.4) is 0 Å². The van der Waals surface area contributed by atoms with Gasteiger partial charge in [0.05, 0.1) is 11.0 Å². The van der Waals surface area contributed by atoms with Crippen LogP contribution < -0.4 is 5.32 Å². The Labute approximate surface area is 194 Å². The highest BCUT2D eigenvalue weighted by molar-refractivity contribution is 5.94. The zero-order valence-electron chi connectivity index (χ0n) is 19.8. The van der Waals surface area contributed by atoms with Gasteiger partial charge in [-0.1, -0.05) is 39.8 Å². The summed E-state index contributed by atoms with van der Waals surface area (Å²) in [7, 11) is 0. The van der Waals surface area contributed by atoms with Crippen molar-refractivity contribution < 1.29 is 14.0 Å². The quantitative estimate of drug-likeness (QED) is 0.499. The molecule has 0 saturated heterocycles. The van der Waals surface area contributed by atoms with E-state index < -0.39 is 0 Å².